The van der Waals surface area contributed by atoms with Gasteiger partial charge < -0.3 is 38.8 Å². The Morgan fingerprint density at radius 2 is 1.89 bits per heavy atom. The van der Waals surface area contributed by atoms with Crippen LogP contribution < -0.4 is 24.3 Å². The number of methoxy groups -OCH3 is 2. The maximum Gasteiger partial charge on any atom is 0.329 e. The quantitative estimate of drug-likeness (QED) is 0.198. The molecule has 2 fully saturated rings. The van der Waals surface area contributed by atoms with E-state index in [-0.39, 0.29) is 43.8 Å². The fourth-order valence-corrected chi connectivity index (χ4v) is 10.5. The number of aromatic hydroxyl groups is 1. The van der Waals surface area contributed by atoms with Crippen LogP contribution in [-0.4, -0.2) is 98.2 Å². The highest BCUT2D eigenvalue weighted by Crippen LogP contribution is 2.63. The van der Waals surface area contributed by atoms with Crippen LogP contribution in [0.5, 0.6) is 28.7 Å². The summed E-state index contributed by atoms with van der Waals surface area (Å²) in [6.07, 6.45) is 3.63. The SMILES string of the molecule is COCOc1c(OC)c(C)cc2c1[C@@H]1C3[C@@H]4SC[C@H](NC(=O)/C=C/c5ccccc5)C(=O)OC[C@@H](c5c6c(c(C)c(O)c54)OCO6)N3[C@@H](C#N)[C@H](C2)N1C. The van der Waals surface area contributed by atoms with E-state index in [1.54, 1.807) is 27.2 Å². The Bertz CT molecular complexity index is 2070. The van der Waals surface area contributed by atoms with Crippen molar-refractivity contribution in [3.05, 3.63) is 81.4 Å². The molecule has 6 heterocycles. The van der Waals surface area contributed by atoms with Crippen LogP contribution >= 0.6 is 11.8 Å². The molecule has 0 radical (unpaired) electrons. The van der Waals surface area contributed by atoms with Gasteiger partial charge in [0.1, 0.15) is 24.4 Å². The molecule has 1 amide bonds. The summed E-state index contributed by atoms with van der Waals surface area (Å²) in [6, 6.07) is 10.7. The number of fused-ring (bicyclic) bond motifs is 10. The second-order valence-corrected chi connectivity index (χ2v) is 15.3. The molecule has 282 valence electrons. The van der Waals surface area contributed by atoms with Crippen molar-refractivity contribution in [2.45, 2.75) is 61.8 Å². The molecule has 9 rings (SSSR count). The summed E-state index contributed by atoms with van der Waals surface area (Å²) in [5.41, 5.74) is 5.50. The maximum absolute atomic E-state index is 13.8. The first-order valence-electron chi connectivity index (χ1n) is 17.9. The van der Waals surface area contributed by atoms with Gasteiger partial charge in [0.25, 0.3) is 0 Å². The number of thioether (sulfide) groups is 1. The number of amides is 1. The monoisotopic (exact) mass is 754 g/mol. The highest BCUT2D eigenvalue weighted by molar-refractivity contribution is 7.99. The van der Waals surface area contributed by atoms with E-state index in [0.29, 0.717) is 46.1 Å². The average molecular weight is 755 g/mol. The Kier molecular flexibility index (Phi) is 9.60. The molecule has 4 bridgehead atoms. The largest absolute Gasteiger partial charge is 0.507 e. The van der Waals surface area contributed by atoms with Gasteiger partial charge in [-0.15, -0.1) is 11.8 Å². The third kappa shape index (κ3) is 5.72. The van der Waals surface area contributed by atoms with E-state index in [2.05, 4.69) is 27.3 Å². The molecule has 54 heavy (non-hydrogen) atoms. The smallest absolute Gasteiger partial charge is 0.329 e. The first-order valence-corrected chi connectivity index (χ1v) is 18.9. The number of hydrogen-bond acceptors (Lipinski definition) is 13. The number of likely N-dealkylation sites (N-methyl/N-ethyl adjacent to an activating group) is 1. The van der Waals surface area contributed by atoms with Gasteiger partial charge in [0.15, 0.2) is 29.8 Å². The van der Waals surface area contributed by atoms with E-state index >= 15 is 0 Å². The maximum atomic E-state index is 13.8. The normalized spacial score (nSPS) is 27.0. The second-order valence-electron chi connectivity index (χ2n) is 14.1. The van der Waals surface area contributed by atoms with Crippen molar-refractivity contribution in [2.24, 2.45) is 0 Å². The lowest BCUT2D eigenvalue weighted by Crippen LogP contribution is -2.69. The Labute approximate surface area is 317 Å². The summed E-state index contributed by atoms with van der Waals surface area (Å²) in [6.45, 7) is 3.56. The topological polar surface area (TPSA) is 152 Å². The van der Waals surface area contributed by atoms with Gasteiger partial charge in [0, 0.05) is 53.3 Å². The highest BCUT2D eigenvalue weighted by Gasteiger charge is 2.60. The summed E-state index contributed by atoms with van der Waals surface area (Å²) in [7, 11) is 5.20. The molecule has 3 aromatic rings. The van der Waals surface area contributed by atoms with E-state index in [1.165, 1.54) is 17.8 Å². The number of nitriles is 1. The van der Waals surface area contributed by atoms with Gasteiger partial charge in [-0.1, -0.05) is 36.4 Å². The van der Waals surface area contributed by atoms with Crippen molar-refractivity contribution in [3.63, 3.8) is 0 Å². The molecule has 6 aliphatic rings. The number of nitrogens with zero attached hydrogens (tertiary/aromatic N) is 3. The molecule has 1 unspecified atom stereocenters. The third-order valence-corrected chi connectivity index (χ3v) is 12.7. The minimum absolute atomic E-state index is 0.00946. The number of carbonyl (C=O) groups excluding carboxylic acids is 2. The van der Waals surface area contributed by atoms with Gasteiger partial charge in [0.05, 0.1) is 30.5 Å². The van der Waals surface area contributed by atoms with Crippen LogP contribution in [-0.2, 0) is 25.5 Å². The molecular weight excluding hydrogens is 713 g/mol. The fraction of sp³-hybridized carbons (Fsp3) is 0.425. The molecule has 0 aliphatic carbocycles. The van der Waals surface area contributed by atoms with Gasteiger partial charge in [0.2, 0.25) is 12.7 Å². The van der Waals surface area contributed by atoms with E-state index in [4.69, 9.17) is 28.4 Å². The lowest BCUT2D eigenvalue weighted by molar-refractivity contribution is -0.152. The number of benzene rings is 3. The van der Waals surface area contributed by atoms with Crippen molar-refractivity contribution < 1.29 is 43.1 Å². The standard InChI is InChI=1S/C40H42N4O9S/c1-20-13-23-14-25-26(15-41)44-27-16-50-40(47)24(42-28(45)12-11-22-9-7-6-8-10-22)17-54-39(31-30(27)38-36(52-19-53-38)21(2)34(31)46)33(44)32(43(25)3)29(23)37(35(20)49-5)51-18-48-4/h6-13,24-27,32-33,39,46H,14,16-19H2,1-5H3,(H,42,45)/b12-11+/t24-,25-,26-,27-,32+,33?,39+/m0/s1. The number of aryl methyl sites for hydroxylation is 1. The molecule has 2 N–H and O–H groups in total. The summed E-state index contributed by atoms with van der Waals surface area (Å²) in [5, 5.41) is 25.5. The van der Waals surface area contributed by atoms with E-state index in [1.807, 2.05) is 44.3 Å². The molecule has 6 aliphatic heterocycles. The van der Waals surface area contributed by atoms with Gasteiger partial charge >= 0.3 is 5.97 Å². The molecular formula is C40H42N4O9S. The van der Waals surface area contributed by atoms with Gasteiger partial charge in [-0.25, -0.2) is 4.79 Å². The number of ether oxygens (including phenoxy) is 6. The van der Waals surface area contributed by atoms with Crippen molar-refractivity contribution in [2.75, 3.05) is 47.2 Å². The van der Waals surface area contributed by atoms with Crippen LogP contribution in [0.2, 0.25) is 0 Å². The summed E-state index contributed by atoms with van der Waals surface area (Å²) in [5.74, 6) is 1.19. The fourth-order valence-electron chi connectivity index (χ4n) is 9.00. The molecule has 14 heteroatoms. The van der Waals surface area contributed by atoms with Crippen LogP contribution in [0.3, 0.4) is 0 Å². The number of phenolic OH excluding ortho intramolecular Hbond substituents is 1. The van der Waals surface area contributed by atoms with Crippen molar-refractivity contribution in [1.29, 1.82) is 5.26 Å². The molecule has 2 saturated heterocycles. The number of phenols is 1. The molecule has 0 saturated carbocycles. The van der Waals surface area contributed by atoms with Crippen LogP contribution in [0.4, 0.5) is 0 Å². The van der Waals surface area contributed by atoms with Gasteiger partial charge in [-0.2, -0.15) is 5.26 Å². The first-order chi connectivity index (χ1) is 26.2. The van der Waals surface area contributed by atoms with E-state index < -0.39 is 41.3 Å². The minimum atomic E-state index is -1.00. The van der Waals surface area contributed by atoms with Crippen molar-refractivity contribution >= 4 is 29.7 Å². The molecule has 0 aromatic heterocycles. The summed E-state index contributed by atoms with van der Waals surface area (Å²) < 4.78 is 35.8. The minimum Gasteiger partial charge on any atom is -0.507 e. The Morgan fingerprint density at radius 3 is 2.63 bits per heavy atom. The van der Waals surface area contributed by atoms with E-state index in [0.717, 1.165) is 22.3 Å². The molecule has 0 spiro atoms. The zero-order valence-corrected chi connectivity index (χ0v) is 31.5. The number of rotatable bonds is 7. The number of carbonyl (C=O) groups is 2. The Morgan fingerprint density at radius 1 is 1.11 bits per heavy atom. The summed E-state index contributed by atoms with van der Waals surface area (Å²) in [4.78, 5) is 31.5. The third-order valence-electron chi connectivity index (χ3n) is 11.3. The van der Waals surface area contributed by atoms with E-state index in [9.17, 15) is 20.0 Å². The number of nitrogens with one attached hydrogen (secondary N) is 1. The zero-order chi connectivity index (χ0) is 37.8. The van der Waals surface area contributed by atoms with Gasteiger partial charge in [-0.3, -0.25) is 14.6 Å². The summed E-state index contributed by atoms with van der Waals surface area (Å²) >= 11 is 1.42. The molecule has 3 aromatic carbocycles. The second kappa shape index (κ2) is 14.4. The molecule has 7 atom stereocenters. The number of esters is 1. The predicted molar refractivity (Wildman–Crippen MR) is 199 cm³/mol. The Hall–Kier alpha value is -4.94. The lowest BCUT2D eigenvalue weighted by atomic mass is 9.71. The van der Waals surface area contributed by atoms with Crippen LogP contribution in [0, 0.1) is 25.2 Å². The number of piperazine rings is 1. The number of hydrogen-bond donors (Lipinski definition) is 2. The van der Waals surface area contributed by atoms with Crippen LogP contribution in [0.1, 0.15) is 56.3 Å². The van der Waals surface area contributed by atoms with Crippen LogP contribution in [0.25, 0.3) is 6.08 Å². The zero-order valence-electron chi connectivity index (χ0n) is 30.7. The molecule has 13 nitrogen and oxygen atoms in total. The Balaban J connectivity index is 1.29. The van der Waals surface area contributed by atoms with Crippen molar-refractivity contribution in [3.8, 4) is 34.8 Å². The van der Waals surface area contributed by atoms with Crippen LogP contribution in [0.15, 0.2) is 42.5 Å². The lowest BCUT2D eigenvalue weighted by Gasteiger charge is -2.61. The first kappa shape index (κ1) is 36.1. The average Bonchev–Trinajstić information content (AvgIpc) is 3.66. The van der Waals surface area contributed by atoms with Crippen molar-refractivity contribution in [1.82, 2.24) is 15.1 Å². The predicted octanol–water partition coefficient (Wildman–Crippen LogP) is 4.49. The highest BCUT2D eigenvalue weighted by atomic mass is 32.2. The van der Waals surface area contributed by atoms with Gasteiger partial charge in [-0.05, 0) is 50.1 Å².